The summed E-state index contributed by atoms with van der Waals surface area (Å²) in [5, 5.41) is 3.23. The Labute approximate surface area is 113 Å². The predicted molar refractivity (Wildman–Crippen MR) is 74.1 cm³/mol. The number of esters is 1. The van der Waals surface area contributed by atoms with Crippen LogP contribution in [0.2, 0.25) is 0 Å². The highest BCUT2D eigenvalue weighted by Gasteiger charge is 2.16. The lowest BCUT2D eigenvalue weighted by molar-refractivity contribution is 0.0602. The predicted octanol–water partition coefficient (Wildman–Crippen LogP) is 1.53. The Morgan fingerprint density at radius 2 is 2.16 bits per heavy atom. The van der Waals surface area contributed by atoms with Gasteiger partial charge in [-0.25, -0.2) is 9.78 Å². The molecule has 0 saturated carbocycles. The van der Waals surface area contributed by atoms with Crippen LogP contribution < -0.4 is 11.1 Å². The van der Waals surface area contributed by atoms with E-state index in [1.807, 2.05) is 0 Å². The first-order valence-corrected chi connectivity index (χ1v) is 6.08. The van der Waals surface area contributed by atoms with Crippen LogP contribution in [0.4, 0.5) is 11.5 Å². The van der Waals surface area contributed by atoms with Crippen molar-refractivity contribution in [1.82, 2.24) is 4.98 Å². The average Bonchev–Trinajstić information content (AvgIpc) is 2.39. The number of anilines is 2. The number of pyridine rings is 1. The van der Waals surface area contributed by atoms with Gasteiger partial charge < -0.3 is 20.5 Å². The second kappa shape index (κ2) is 6.94. The molecule has 1 heterocycles. The van der Waals surface area contributed by atoms with Crippen LogP contribution in [0.25, 0.3) is 0 Å². The van der Waals surface area contributed by atoms with Gasteiger partial charge in [0.25, 0.3) is 0 Å². The van der Waals surface area contributed by atoms with Gasteiger partial charge in [0.05, 0.1) is 37.2 Å². The third kappa shape index (κ3) is 4.10. The van der Waals surface area contributed by atoms with Crippen LogP contribution in [0.1, 0.15) is 24.2 Å². The van der Waals surface area contributed by atoms with Crippen molar-refractivity contribution in [3.63, 3.8) is 0 Å². The lowest BCUT2D eigenvalue weighted by atomic mass is 10.1. The molecule has 1 unspecified atom stereocenters. The summed E-state index contributed by atoms with van der Waals surface area (Å²) in [7, 11) is 2.96. The largest absolute Gasteiger partial charge is 0.465 e. The normalized spacial score (nSPS) is 12.3. The highest BCUT2D eigenvalue weighted by Crippen LogP contribution is 2.18. The van der Waals surface area contributed by atoms with Gasteiger partial charge in [-0.1, -0.05) is 13.8 Å². The van der Waals surface area contributed by atoms with Crippen LogP contribution in [-0.4, -0.2) is 37.8 Å². The number of methoxy groups -OCH3 is 2. The molecule has 1 rings (SSSR count). The molecule has 6 nitrogen and oxygen atoms in total. The first-order valence-electron chi connectivity index (χ1n) is 6.08. The highest BCUT2D eigenvalue weighted by molar-refractivity contribution is 5.95. The van der Waals surface area contributed by atoms with Gasteiger partial charge in [0.2, 0.25) is 0 Å². The van der Waals surface area contributed by atoms with Gasteiger partial charge in [-0.3, -0.25) is 0 Å². The Morgan fingerprint density at radius 3 is 2.68 bits per heavy atom. The molecule has 1 aromatic heterocycles. The van der Waals surface area contributed by atoms with Crippen LogP contribution in [0, 0.1) is 5.92 Å². The van der Waals surface area contributed by atoms with Crippen molar-refractivity contribution in [3.05, 3.63) is 17.8 Å². The second-order valence-electron chi connectivity index (χ2n) is 4.60. The number of carbonyl (C=O) groups is 1. The molecule has 1 atom stereocenters. The standard InChI is InChI=1S/C13H21N3O3/c1-8(2)11(7-18-3)16-12-5-9(13(17)19-4)10(14)6-15-12/h5-6,8,11H,7,14H2,1-4H3,(H,15,16). The molecule has 0 aliphatic carbocycles. The van der Waals surface area contributed by atoms with E-state index in [0.29, 0.717) is 29.6 Å². The summed E-state index contributed by atoms with van der Waals surface area (Å²) < 4.78 is 9.83. The maximum atomic E-state index is 11.5. The highest BCUT2D eigenvalue weighted by atomic mass is 16.5. The maximum absolute atomic E-state index is 11.5. The molecule has 0 aliphatic heterocycles. The molecule has 0 fully saturated rings. The van der Waals surface area contributed by atoms with Crippen LogP contribution >= 0.6 is 0 Å². The summed E-state index contributed by atoms with van der Waals surface area (Å²) in [5.74, 6) is 0.460. The fourth-order valence-corrected chi connectivity index (χ4v) is 1.60. The van der Waals surface area contributed by atoms with E-state index in [1.54, 1.807) is 13.2 Å². The van der Waals surface area contributed by atoms with Crippen LogP contribution in [-0.2, 0) is 9.47 Å². The minimum Gasteiger partial charge on any atom is -0.465 e. The zero-order chi connectivity index (χ0) is 14.4. The molecule has 1 aromatic rings. The van der Waals surface area contributed by atoms with E-state index >= 15 is 0 Å². The molecule has 3 N–H and O–H groups in total. The molecular formula is C13H21N3O3. The summed E-state index contributed by atoms with van der Waals surface area (Å²) in [4.78, 5) is 15.7. The van der Waals surface area contributed by atoms with Gasteiger partial charge >= 0.3 is 5.97 Å². The lowest BCUT2D eigenvalue weighted by Gasteiger charge is -2.22. The number of hydrogen-bond acceptors (Lipinski definition) is 6. The molecule has 0 amide bonds. The van der Waals surface area contributed by atoms with E-state index in [0.717, 1.165) is 0 Å². The zero-order valence-electron chi connectivity index (χ0n) is 11.8. The molecule has 6 heteroatoms. The number of aromatic nitrogens is 1. The number of nitrogens with one attached hydrogen (secondary N) is 1. The fraction of sp³-hybridized carbons (Fsp3) is 0.538. The lowest BCUT2D eigenvalue weighted by Crippen LogP contribution is -2.31. The third-order valence-corrected chi connectivity index (χ3v) is 2.82. The number of rotatable bonds is 6. The summed E-state index contributed by atoms with van der Waals surface area (Å²) in [6.45, 7) is 4.71. The molecule has 106 valence electrons. The van der Waals surface area contributed by atoms with Crippen LogP contribution in [0.15, 0.2) is 12.3 Å². The van der Waals surface area contributed by atoms with Crippen LogP contribution in [0.5, 0.6) is 0 Å². The molecule has 0 radical (unpaired) electrons. The molecule has 0 bridgehead atoms. The number of nitrogens with zero attached hydrogens (tertiary/aromatic N) is 1. The van der Waals surface area contributed by atoms with Crippen molar-refractivity contribution in [2.75, 3.05) is 31.9 Å². The SMILES string of the molecule is COCC(Nc1cc(C(=O)OC)c(N)cn1)C(C)C. The zero-order valence-corrected chi connectivity index (χ0v) is 11.8. The maximum Gasteiger partial charge on any atom is 0.340 e. The molecule has 0 saturated heterocycles. The van der Waals surface area contributed by atoms with Crippen molar-refractivity contribution in [1.29, 1.82) is 0 Å². The first-order chi connectivity index (χ1) is 8.99. The number of carbonyl (C=O) groups excluding carboxylic acids is 1. The monoisotopic (exact) mass is 267 g/mol. The molecule has 0 spiro atoms. The third-order valence-electron chi connectivity index (χ3n) is 2.82. The number of hydrogen-bond donors (Lipinski definition) is 2. The first kappa shape index (κ1) is 15.2. The fourth-order valence-electron chi connectivity index (χ4n) is 1.60. The second-order valence-corrected chi connectivity index (χ2v) is 4.60. The van der Waals surface area contributed by atoms with Gasteiger partial charge in [0, 0.05) is 7.11 Å². The van der Waals surface area contributed by atoms with Gasteiger partial charge in [0.15, 0.2) is 0 Å². The minimum atomic E-state index is -0.476. The Kier molecular flexibility index (Phi) is 5.57. The number of nitrogens with two attached hydrogens (primary N) is 1. The van der Waals surface area contributed by atoms with E-state index in [-0.39, 0.29) is 6.04 Å². The summed E-state index contributed by atoms with van der Waals surface area (Å²) in [5.41, 5.74) is 6.30. The molecule has 0 aliphatic rings. The Balaban J connectivity index is 2.92. The van der Waals surface area contributed by atoms with Crippen molar-refractivity contribution in [2.24, 2.45) is 5.92 Å². The van der Waals surface area contributed by atoms with Crippen LogP contribution in [0.3, 0.4) is 0 Å². The van der Waals surface area contributed by atoms with Crippen molar-refractivity contribution < 1.29 is 14.3 Å². The van der Waals surface area contributed by atoms with E-state index < -0.39 is 5.97 Å². The van der Waals surface area contributed by atoms with Gasteiger partial charge in [-0.05, 0) is 12.0 Å². The minimum absolute atomic E-state index is 0.103. The summed E-state index contributed by atoms with van der Waals surface area (Å²) in [6, 6.07) is 1.69. The van der Waals surface area contributed by atoms with Crippen molar-refractivity contribution in [2.45, 2.75) is 19.9 Å². The Hall–Kier alpha value is -1.82. The molecular weight excluding hydrogens is 246 g/mol. The van der Waals surface area contributed by atoms with E-state index in [9.17, 15) is 4.79 Å². The number of nitrogen functional groups attached to an aromatic ring is 1. The quantitative estimate of drug-likeness (QED) is 0.760. The van der Waals surface area contributed by atoms with E-state index in [2.05, 4.69) is 28.9 Å². The Bertz CT molecular complexity index is 435. The van der Waals surface area contributed by atoms with Gasteiger partial charge in [0.1, 0.15) is 5.82 Å². The smallest absolute Gasteiger partial charge is 0.340 e. The van der Waals surface area contributed by atoms with Crippen molar-refractivity contribution >= 4 is 17.5 Å². The summed E-state index contributed by atoms with van der Waals surface area (Å²) in [6.07, 6.45) is 1.44. The number of ether oxygens (including phenoxy) is 2. The van der Waals surface area contributed by atoms with E-state index in [4.69, 9.17) is 10.5 Å². The molecule has 19 heavy (non-hydrogen) atoms. The van der Waals surface area contributed by atoms with E-state index in [1.165, 1.54) is 13.3 Å². The average molecular weight is 267 g/mol. The van der Waals surface area contributed by atoms with Crippen molar-refractivity contribution in [3.8, 4) is 0 Å². The van der Waals surface area contributed by atoms with Gasteiger partial charge in [-0.15, -0.1) is 0 Å². The van der Waals surface area contributed by atoms with Gasteiger partial charge in [-0.2, -0.15) is 0 Å². The Morgan fingerprint density at radius 1 is 1.47 bits per heavy atom. The molecule has 0 aromatic carbocycles. The topological polar surface area (TPSA) is 86.5 Å². The summed E-state index contributed by atoms with van der Waals surface area (Å²) >= 11 is 0.